The molecule has 8 heteroatoms. The number of benzene rings is 1. The second-order valence-electron chi connectivity index (χ2n) is 7.82. The van der Waals surface area contributed by atoms with Crippen LogP contribution in [0.2, 0.25) is 0 Å². The number of nitrogens with two attached hydrogens (primary N) is 1. The normalized spacial score (nSPS) is 17.8. The highest BCUT2D eigenvalue weighted by Crippen LogP contribution is 2.21. The Morgan fingerprint density at radius 3 is 2.48 bits per heavy atom. The standard InChI is InChI=1S/C23H35N3O5/c1-30-22(28)19(14-13-17-9-4-3-5-10-17)25-18(11-6-7-15-24)21(27)26-16-8-12-20(26)23(29)31-2/h3-5,9-10,18-20,25H,6-8,11-16,24H2,1-2H3. The molecule has 3 atom stereocenters. The molecule has 1 amide bonds. The molecule has 2 rings (SSSR count). The molecule has 0 aromatic heterocycles. The van der Waals surface area contributed by atoms with Crippen LogP contribution in [0.25, 0.3) is 0 Å². The molecule has 0 aliphatic carbocycles. The molecule has 0 saturated carbocycles. The summed E-state index contributed by atoms with van der Waals surface area (Å²) in [6.07, 6.45) is 4.54. The van der Waals surface area contributed by atoms with Crippen LogP contribution in [0.5, 0.6) is 0 Å². The summed E-state index contributed by atoms with van der Waals surface area (Å²) in [5.41, 5.74) is 6.73. The third-order valence-electron chi connectivity index (χ3n) is 5.71. The minimum Gasteiger partial charge on any atom is -0.468 e. The Bertz CT molecular complexity index is 712. The number of esters is 2. The average Bonchev–Trinajstić information content (AvgIpc) is 3.30. The lowest BCUT2D eigenvalue weighted by molar-refractivity contribution is -0.152. The molecule has 1 aromatic rings. The minimum absolute atomic E-state index is 0.182. The van der Waals surface area contributed by atoms with Gasteiger partial charge in [0.05, 0.1) is 20.3 Å². The fourth-order valence-electron chi connectivity index (χ4n) is 3.99. The van der Waals surface area contributed by atoms with Gasteiger partial charge in [0.15, 0.2) is 0 Å². The Morgan fingerprint density at radius 2 is 1.84 bits per heavy atom. The van der Waals surface area contributed by atoms with Crippen LogP contribution in [0.4, 0.5) is 0 Å². The number of hydrogen-bond acceptors (Lipinski definition) is 7. The number of nitrogens with zero attached hydrogens (tertiary/aromatic N) is 1. The van der Waals surface area contributed by atoms with Gasteiger partial charge in [-0.05, 0) is 50.6 Å². The molecule has 0 bridgehead atoms. The van der Waals surface area contributed by atoms with E-state index in [1.54, 1.807) is 4.90 Å². The molecule has 1 aliphatic rings. The number of methoxy groups -OCH3 is 2. The Hall–Kier alpha value is -2.45. The largest absolute Gasteiger partial charge is 0.468 e. The molecule has 1 fully saturated rings. The quantitative estimate of drug-likeness (QED) is 0.379. The third-order valence-corrected chi connectivity index (χ3v) is 5.71. The predicted octanol–water partition coefficient (Wildman–Crippen LogP) is 1.41. The van der Waals surface area contributed by atoms with Gasteiger partial charge in [-0.25, -0.2) is 4.79 Å². The fourth-order valence-corrected chi connectivity index (χ4v) is 3.99. The van der Waals surface area contributed by atoms with Gasteiger partial charge in [-0.2, -0.15) is 0 Å². The van der Waals surface area contributed by atoms with Crippen molar-refractivity contribution < 1.29 is 23.9 Å². The van der Waals surface area contributed by atoms with E-state index in [1.165, 1.54) is 14.2 Å². The van der Waals surface area contributed by atoms with Gasteiger partial charge in [0.2, 0.25) is 5.91 Å². The number of likely N-dealkylation sites (tertiary alicyclic amines) is 1. The van der Waals surface area contributed by atoms with Gasteiger partial charge in [0.25, 0.3) is 0 Å². The van der Waals surface area contributed by atoms with Crippen molar-refractivity contribution in [2.24, 2.45) is 5.73 Å². The first-order valence-electron chi connectivity index (χ1n) is 11.0. The van der Waals surface area contributed by atoms with E-state index < -0.39 is 30.1 Å². The molecule has 0 spiro atoms. The molecule has 1 saturated heterocycles. The minimum atomic E-state index is -0.629. The monoisotopic (exact) mass is 433 g/mol. The highest BCUT2D eigenvalue weighted by atomic mass is 16.5. The number of carbonyl (C=O) groups excluding carboxylic acids is 3. The van der Waals surface area contributed by atoms with E-state index in [2.05, 4.69) is 5.32 Å². The van der Waals surface area contributed by atoms with E-state index in [0.29, 0.717) is 38.8 Å². The average molecular weight is 434 g/mol. The lowest BCUT2D eigenvalue weighted by atomic mass is 10.0. The van der Waals surface area contributed by atoms with Gasteiger partial charge in [-0.15, -0.1) is 0 Å². The zero-order chi connectivity index (χ0) is 22.6. The van der Waals surface area contributed by atoms with Crippen molar-refractivity contribution in [3.63, 3.8) is 0 Å². The molecule has 3 N–H and O–H groups in total. The van der Waals surface area contributed by atoms with E-state index in [4.69, 9.17) is 15.2 Å². The van der Waals surface area contributed by atoms with Crippen LogP contribution in [0.3, 0.4) is 0 Å². The molecule has 1 aromatic carbocycles. The van der Waals surface area contributed by atoms with E-state index in [-0.39, 0.29) is 5.91 Å². The van der Waals surface area contributed by atoms with Crippen molar-refractivity contribution in [2.45, 2.75) is 63.1 Å². The van der Waals surface area contributed by atoms with E-state index >= 15 is 0 Å². The first-order valence-corrected chi connectivity index (χ1v) is 11.0. The van der Waals surface area contributed by atoms with E-state index in [9.17, 15) is 14.4 Å². The topological polar surface area (TPSA) is 111 Å². The summed E-state index contributed by atoms with van der Waals surface area (Å²) in [6, 6.07) is 8.06. The lowest BCUT2D eigenvalue weighted by Gasteiger charge is -2.30. The highest BCUT2D eigenvalue weighted by Gasteiger charge is 2.38. The molecule has 3 unspecified atom stereocenters. The van der Waals surface area contributed by atoms with Crippen molar-refractivity contribution in [1.82, 2.24) is 10.2 Å². The highest BCUT2D eigenvalue weighted by molar-refractivity contribution is 5.88. The van der Waals surface area contributed by atoms with Crippen molar-refractivity contribution in [2.75, 3.05) is 27.3 Å². The molecule has 1 aliphatic heterocycles. The number of aryl methyl sites for hydroxylation is 1. The molecule has 31 heavy (non-hydrogen) atoms. The Balaban J connectivity index is 2.13. The number of carbonyl (C=O) groups is 3. The molecule has 172 valence electrons. The Labute approximate surface area is 184 Å². The lowest BCUT2D eigenvalue weighted by Crippen LogP contribution is -2.54. The molecule has 0 radical (unpaired) electrons. The zero-order valence-electron chi connectivity index (χ0n) is 18.5. The third kappa shape index (κ3) is 7.33. The SMILES string of the molecule is COC(=O)C(CCc1ccccc1)NC(CCCCN)C(=O)N1CCCC1C(=O)OC. The van der Waals surface area contributed by atoms with Crippen LogP contribution in [-0.2, 0) is 30.3 Å². The number of ether oxygens (including phenoxy) is 2. The first-order chi connectivity index (χ1) is 15.0. The van der Waals surface area contributed by atoms with Crippen molar-refractivity contribution in [3.05, 3.63) is 35.9 Å². The van der Waals surface area contributed by atoms with Crippen molar-refractivity contribution in [1.29, 1.82) is 0 Å². The van der Waals surface area contributed by atoms with Gasteiger partial charge < -0.3 is 20.1 Å². The summed E-state index contributed by atoms with van der Waals surface area (Å²) in [6.45, 7) is 1.03. The molecular weight excluding hydrogens is 398 g/mol. The fraction of sp³-hybridized carbons (Fsp3) is 0.609. The first kappa shape index (κ1) is 24.8. The van der Waals surface area contributed by atoms with Crippen LogP contribution in [0.15, 0.2) is 30.3 Å². The maximum atomic E-state index is 13.4. The van der Waals surface area contributed by atoms with E-state index in [1.807, 2.05) is 30.3 Å². The number of rotatable bonds is 12. The molecular formula is C23H35N3O5. The van der Waals surface area contributed by atoms with Crippen molar-refractivity contribution in [3.8, 4) is 0 Å². The second kappa shape index (κ2) is 13.1. The maximum absolute atomic E-state index is 13.4. The van der Waals surface area contributed by atoms with Gasteiger partial charge >= 0.3 is 11.9 Å². The van der Waals surface area contributed by atoms with Crippen LogP contribution in [0, 0.1) is 0 Å². The van der Waals surface area contributed by atoms with Crippen LogP contribution >= 0.6 is 0 Å². The summed E-state index contributed by atoms with van der Waals surface area (Å²) >= 11 is 0. The van der Waals surface area contributed by atoms with Crippen LogP contribution in [0.1, 0.15) is 44.1 Å². The number of hydrogen-bond donors (Lipinski definition) is 2. The summed E-state index contributed by atoms with van der Waals surface area (Å²) < 4.78 is 9.86. The summed E-state index contributed by atoms with van der Waals surface area (Å²) in [5, 5.41) is 3.23. The summed E-state index contributed by atoms with van der Waals surface area (Å²) in [4.78, 5) is 39.5. The Morgan fingerprint density at radius 1 is 1.10 bits per heavy atom. The van der Waals surface area contributed by atoms with Gasteiger partial charge in [-0.1, -0.05) is 36.8 Å². The smallest absolute Gasteiger partial charge is 0.328 e. The number of amides is 1. The van der Waals surface area contributed by atoms with Gasteiger partial charge in [-0.3, -0.25) is 14.9 Å². The summed E-state index contributed by atoms with van der Waals surface area (Å²) in [7, 11) is 2.68. The second-order valence-corrected chi connectivity index (χ2v) is 7.82. The number of unbranched alkanes of at least 4 members (excludes halogenated alkanes) is 1. The van der Waals surface area contributed by atoms with E-state index in [0.717, 1.165) is 24.8 Å². The summed E-state index contributed by atoms with van der Waals surface area (Å²) in [5.74, 6) is -0.989. The predicted molar refractivity (Wildman–Crippen MR) is 117 cm³/mol. The van der Waals surface area contributed by atoms with Gasteiger partial charge in [0, 0.05) is 6.54 Å². The molecule has 1 heterocycles. The zero-order valence-corrected chi connectivity index (χ0v) is 18.5. The Kier molecular flexibility index (Phi) is 10.5. The van der Waals surface area contributed by atoms with Crippen LogP contribution < -0.4 is 11.1 Å². The molecule has 8 nitrogen and oxygen atoms in total. The number of nitrogens with one attached hydrogen (secondary N) is 1. The van der Waals surface area contributed by atoms with Crippen LogP contribution in [-0.4, -0.2) is 68.2 Å². The van der Waals surface area contributed by atoms with Gasteiger partial charge in [0.1, 0.15) is 12.1 Å². The maximum Gasteiger partial charge on any atom is 0.328 e. The van der Waals surface area contributed by atoms with Crippen molar-refractivity contribution >= 4 is 17.8 Å².